The normalized spacial score (nSPS) is 35.5. The number of nitrogens with zero attached hydrogens (tertiary/aromatic N) is 3. The van der Waals surface area contributed by atoms with Crippen LogP contribution in [0.1, 0.15) is 11.4 Å². The molecule has 3 aliphatic heterocycles. The summed E-state index contributed by atoms with van der Waals surface area (Å²) in [6.45, 7) is 7.71. The number of hydrogen-bond donors (Lipinski definition) is 1. The van der Waals surface area contributed by atoms with Gasteiger partial charge < -0.3 is 9.20 Å². The van der Waals surface area contributed by atoms with E-state index in [1.165, 1.54) is 0 Å². The zero-order valence-corrected chi connectivity index (χ0v) is 11.4. The van der Waals surface area contributed by atoms with Gasteiger partial charge in [-0.3, -0.25) is 4.90 Å². The van der Waals surface area contributed by atoms with Crippen molar-refractivity contribution in [3.63, 3.8) is 0 Å². The Bertz CT molecular complexity index is 443. The first-order valence-electron chi connectivity index (χ1n) is 7.05. The molecule has 3 aliphatic rings. The minimum Gasteiger partial charge on any atom is -0.592 e. The van der Waals surface area contributed by atoms with Gasteiger partial charge >= 0.3 is 0 Å². The van der Waals surface area contributed by atoms with E-state index < -0.39 is 0 Å². The highest BCUT2D eigenvalue weighted by molar-refractivity contribution is 5.97. The average molecular weight is 254 g/mol. The summed E-state index contributed by atoms with van der Waals surface area (Å²) in [6, 6.07) is 6.20. The Labute approximate surface area is 117 Å². The van der Waals surface area contributed by atoms with Crippen LogP contribution in [0.5, 0.6) is 0 Å². The van der Waals surface area contributed by atoms with E-state index >= 15 is 0 Å². The van der Waals surface area contributed by atoms with Crippen LogP contribution in [-0.4, -0.2) is 69.5 Å². The van der Waals surface area contributed by atoms with Crippen LogP contribution in [0.15, 0.2) is 18.2 Å². The molecular weight excluding hydrogens is 234 g/mol. The molecule has 4 heterocycles. The van der Waals surface area contributed by atoms with Gasteiger partial charge in [0.1, 0.15) is 0 Å². The summed E-state index contributed by atoms with van der Waals surface area (Å²) in [6.07, 6.45) is 0. The van der Waals surface area contributed by atoms with E-state index in [0.29, 0.717) is 4.39 Å². The summed E-state index contributed by atoms with van der Waals surface area (Å²) in [5.74, 6) is 0. The van der Waals surface area contributed by atoms with Gasteiger partial charge in [-0.1, -0.05) is 6.07 Å². The van der Waals surface area contributed by atoms with Crippen molar-refractivity contribution in [3.05, 3.63) is 29.6 Å². The fourth-order valence-corrected chi connectivity index (χ4v) is 2.95. The zero-order chi connectivity index (χ0) is 13.3. The Morgan fingerprint density at radius 3 is 2.68 bits per heavy atom. The number of fused-ring (bicyclic) bond motifs is 5. The third-order valence-electron chi connectivity index (χ3n) is 4.22. The summed E-state index contributed by atoms with van der Waals surface area (Å²) in [7, 11) is 12.6. The first kappa shape index (κ1) is 13.2. The topological polar surface area (TPSA) is 20.6 Å². The van der Waals surface area contributed by atoms with Crippen molar-refractivity contribution in [3.8, 4) is 0 Å². The average Bonchev–Trinajstić information content (AvgIpc) is 2.37. The third kappa shape index (κ3) is 3.19. The van der Waals surface area contributed by atoms with Crippen molar-refractivity contribution in [1.29, 1.82) is 0 Å². The number of nitrogens with one attached hydrogen (secondary N) is 1. The molecule has 1 atom stereocenters. The second-order valence-corrected chi connectivity index (χ2v) is 5.87. The first-order valence-corrected chi connectivity index (χ1v) is 7.05. The molecule has 1 aromatic rings. The molecule has 1 unspecified atom stereocenters. The van der Waals surface area contributed by atoms with E-state index in [1.807, 2.05) is 0 Å². The van der Waals surface area contributed by atoms with Crippen molar-refractivity contribution in [1.82, 2.24) is 9.88 Å². The Balaban J connectivity index is 1.87. The van der Waals surface area contributed by atoms with Gasteiger partial charge in [0.05, 0.1) is 24.5 Å². The van der Waals surface area contributed by atoms with E-state index in [1.54, 1.807) is 0 Å². The SMILES string of the molecule is [B-][NH+]1CCN2CC[N+]([B-])(CC2)Cc2cccc(n2)C1. The minimum absolute atomic E-state index is 0.617. The maximum atomic E-state index is 6.49. The number of hydrogen-bond acceptors (Lipinski definition) is 2. The smallest absolute Gasteiger partial charge is 0.0908 e. The number of piperazine rings is 1. The molecule has 98 valence electrons. The molecule has 19 heavy (non-hydrogen) atoms. The zero-order valence-electron chi connectivity index (χ0n) is 11.4. The molecule has 0 amide bonds. The number of aromatic nitrogens is 1. The highest BCUT2D eigenvalue weighted by atomic mass is 15.4. The van der Waals surface area contributed by atoms with Gasteiger partial charge in [-0.2, -0.15) is 0 Å². The van der Waals surface area contributed by atoms with Crippen LogP contribution >= 0.6 is 0 Å². The Morgan fingerprint density at radius 2 is 1.89 bits per heavy atom. The molecule has 0 saturated carbocycles. The highest BCUT2D eigenvalue weighted by Gasteiger charge is 2.22. The van der Waals surface area contributed by atoms with E-state index in [9.17, 15) is 0 Å². The minimum atomic E-state index is 0.617. The second-order valence-electron chi connectivity index (χ2n) is 5.87. The Morgan fingerprint density at radius 1 is 1.16 bits per heavy atom. The maximum Gasteiger partial charge on any atom is 0.0908 e. The number of quaternary nitrogens is 2. The largest absolute Gasteiger partial charge is 0.592 e. The van der Waals surface area contributed by atoms with Crippen LogP contribution in [0, 0.1) is 0 Å². The Hall–Kier alpha value is -0.840. The van der Waals surface area contributed by atoms with Crippen molar-refractivity contribution >= 4 is 16.0 Å². The standard InChI is InChI=1S/C13H20B2N4/c14-18-5-4-17-6-8-19(15,9-7-17)11-13-3-1-2-12(10-18)16-13/h1-3,18H,4-11H2. The van der Waals surface area contributed by atoms with Crippen LogP contribution in [0.3, 0.4) is 0 Å². The molecule has 6 radical (unpaired) electrons. The molecular formula is C13H20B2N4. The number of rotatable bonds is 0. The molecule has 1 N–H and O–H groups in total. The lowest BCUT2D eigenvalue weighted by atomic mass is 10.1. The molecule has 4 bridgehead atoms. The van der Waals surface area contributed by atoms with Gasteiger partial charge in [-0.05, 0) is 12.1 Å². The van der Waals surface area contributed by atoms with E-state index in [-0.39, 0.29) is 0 Å². The predicted molar refractivity (Wildman–Crippen MR) is 75.4 cm³/mol. The monoisotopic (exact) mass is 254 g/mol. The van der Waals surface area contributed by atoms with E-state index in [2.05, 4.69) is 23.1 Å². The lowest BCUT2D eigenvalue weighted by Gasteiger charge is -2.54. The lowest BCUT2D eigenvalue weighted by Crippen LogP contribution is -3.10. The quantitative estimate of drug-likeness (QED) is 0.556. The molecule has 4 rings (SSSR count). The van der Waals surface area contributed by atoms with Crippen LogP contribution in [0.2, 0.25) is 0 Å². The molecule has 6 heteroatoms. The van der Waals surface area contributed by atoms with E-state index in [0.717, 1.165) is 68.6 Å². The van der Waals surface area contributed by atoms with Crippen LogP contribution < -0.4 is 4.81 Å². The van der Waals surface area contributed by atoms with Gasteiger partial charge in [-0.15, -0.1) is 0 Å². The maximum absolute atomic E-state index is 6.49. The van der Waals surface area contributed by atoms with Gasteiger partial charge in [-0.25, -0.2) is 20.9 Å². The summed E-state index contributed by atoms with van der Waals surface area (Å²) >= 11 is 0. The fourth-order valence-electron chi connectivity index (χ4n) is 2.95. The van der Waals surface area contributed by atoms with Gasteiger partial charge in [0.15, 0.2) is 0 Å². The van der Waals surface area contributed by atoms with Crippen molar-refractivity contribution in [2.45, 2.75) is 13.1 Å². The first-order chi connectivity index (χ1) is 9.13. The lowest BCUT2D eigenvalue weighted by molar-refractivity contribution is -0.837. The second kappa shape index (κ2) is 5.27. The summed E-state index contributed by atoms with van der Waals surface area (Å²) in [5.41, 5.74) is 2.15. The number of pyridine rings is 1. The predicted octanol–water partition coefficient (Wildman–Crippen LogP) is -1.72. The molecule has 4 nitrogen and oxygen atoms in total. The molecule has 0 spiro atoms. The van der Waals surface area contributed by atoms with Crippen LogP contribution in [0.25, 0.3) is 0 Å². The van der Waals surface area contributed by atoms with Crippen LogP contribution in [0.4, 0.5) is 0 Å². The van der Waals surface area contributed by atoms with Crippen LogP contribution in [-0.2, 0) is 13.1 Å². The molecule has 1 fully saturated rings. The van der Waals surface area contributed by atoms with Gasteiger partial charge in [0, 0.05) is 39.3 Å². The van der Waals surface area contributed by atoms with Crippen molar-refractivity contribution in [2.75, 3.05) is 39.3 Å². The molecule has 0 aromatic carbocycles. The third-order valence-corrected chi connectivity index (χ3v) is 4.22. The highest BCUT2D eigenvalue weighted by Crippen LogP contribution is 2.14. The van der Waals surface area contributed by atoms with Crippen molar-refractivity contribution < 1.29 is 9.20 Å². The van der Waals surface area contributed by atoms with Gasteiger partial charge in [0.25, 0.3) is 0 Å². The summed E-state index contributed by atoms with van der Waals surface area (Å²) < 4.78 is 0.617. The molecule has 1 aromatic heterocycles. The fraction of sp³-hybridized carbons (Fsp3) is 0.615. The molecule has 1 saturated heterocycles. The van der Waals surface area contributed by atoms with E-state index in [4.69, 9.17) is 20.9 Å². The summed E-state index contributed by atoms with van der Waals surface area (Å²) in [5, 5.41) is 0. The van der Waals surface area contributed by atoms with Gasteiger partial charge in [0.2, 0.25) is 0 Å². The van der Waals surface area contributed by atoms with Crippen molar-refractivity contribution in [2.24, 2.45) is 0 Å². The molecule has 0 aliphatic carbocycles. The summed E-state index contributed by atoms with van der Waals surface area (Å²) in [4.78, 5) is 8.21. The Kier molecular flexibility index (Phi) is 3.65.